The number of aromatic nitrogens is 3. The summed E-state index contributed by atoms with van der Waals surface area (Å²) in [5.74, 6) is 0. The Morgan fingerprint density at radius 2 is 1.77 bits per heavy atom. The average Bonchev–Trinajstić information content (AvgIpc) is 3.34. The third kappa shape index (κ3) is 3.22. The normalized spacial score (nSPS) is 11.1. The second-order valence-corrected chi connectivity index (χ2v) is 7.83. The van der Waals surface area contributed by atoms with E-state index in [0.717, 1.165) is 38.4 Å². The fourth-order valence-corrected chi connectivity index (χ4v) is 4.21. The predicted octanol–water partition coefficient (Wildman–Crippen LogP) is 4.84. The van der Waals surface area contributed by atoms with Crippen molar-refractivity contribution in [2.24, 2.45) is 5.73 Å². The maximum absolute atomic E-state index is 12.7. The standard InChI is InChI=1S/C24H18N4OS/c25-11-15-6-8-17(9-7-15)22-18(16-4-2-1-3-5-16)10-19-23(28-22)20(12-27-24(19)29)21-13-26-14-30-21/h1-10,12-14H,11,25H2,(H,27,29). The van der Waals surface area contributed by atoms with Gasteiger partial charge in [0.15, 0.2) is 0 Å². The lowest BCUT2D eigenvalue weighted by molar-refractivity contribution is 1.07. The number of hydrogen-bond acceptors (Lipinski definition) is 5. The van der Waals surface area contributed by atoms with Crippen LogP contribution in [0, 0.1) is 0 Å². The molecular formula is C24H18N4OS. The lowest BCUT2D eigenvalue weighted by atomic mass is 9.96. The summed E-state index contributed by atoms with van der Waals surface area (Å²) in [7, 11) is 0. The van der Waals surface area contributed by atoms with Gasteiger partial charge in [0.1, 0.15) is 0 Å². The summed E-state index contributed by atoms with van der Waals surface area (Å²) in [5.41, 5.74) is 13.7. The van der Waals surface area contributed by atoms with Crippen molar-refractivity contribution in [3.8, 4) is 32.8 Å². The van der Waals surface area contributed by atoms with E-state index in [1.54, 1.807) is 17.9 Å². The molecule has 0 aliphatic rings. The van der Waals surface area contributed by atoms with Crippen molar-refractivity contribution in [2.45, 2.75) is 6.54 Å². The van der Waals surface area contributed by atoms with Gasteiger partial charge < -0.3 is 10.7 Å². The molecule has 0 radical (unpaired) electrons. The Bertz CT molecular complexity index is 1380. The van der Waals surface area contributed by atoms with Gasteiger partial charge in [-0.2, -0.15) is 0 Å². The van der Waals surface area contributed by atoms with Crippen LogP contribution < -0.4 is 11.3 Å². The average molecular weight is 411 g/mol. The van der Waals surface area contributed by atoms with E-state index < -0.39 is 0 Å². The van der Waals surface area contributed by atoms with Gasteiger partial charge in [-0.1, -0.05) is 54.6 Å². The minimum Gasteiger partial charge on any atom is -0.328 e. The predicted molar refractivity (Wildman–Crippen MR) is 122 cm³/mol. The molecule has 0 aliphatic heterocycles. The number of thiazole rings is 1. The van der Waals surface area contributed by atoms with Gasteiger partial charge in [0, 0.05) is 35.6 Å². The lowest BCUT2D eigenvalue weighted by Crippen LogP contribution is -2.08. The molecule has 30 heavy (non-hydrogen) atoms. The number of nitrogens with two attached hydrogens (primary N) is 1. The van der Waals surface area contributed by atoms with Crippen molar-refractivity contribution < 1.29 is 0 Å². The number of rotatable bonds is 4. The molecule has 0 bridgehead atoms. The van der Waals surface area contributed by atoms with Crippen LogP contribution in [0.1, 0.15) is 5.56 Å². The van der Waals surface area contributed by atoms with Gasteiger partial charge in [0.05, 0.1) is 27.0 Å². The van der Waals surface area contributed by atoms with Crippen LogP contribution in [0.25, 0.3) is 43.7 Å². The van der Waals surface area contributed by atoms with E-state index in [0.29, 0.717) is 17.4 Å². The van der Waals surface area contributed by atoms with Crippen LogP contribution in [0.5, 0.6) is 0 Å². The largest absolute Gasteiger partial charge is 0.328 e. The highest BCUT2D eigenvalue weighted by atomic mass is 32.1. The zero-order chi connectivity index (χ0) is 20.5. The van der Waals surface area contributed by atoms with Crippen LogP contribution in [0.2, 0.25) is 0 Å². The Kier molecular flexibility index (Phi) is 4.71. The van der Waals surface area contributed by atoms with Gasteiger partial charge in [0.25, 0.3) is 5.56 Å². The zero-order valence-corrected chi connectivity index (χ0v) is 16.8. The number of fused-ring (bicyclic) bond motifs is 1. The highest BCUT2D eigenvalue weighted by Crippen LogP contribution is 2.36. The molecule has 0 atom stereocenters. The molecule has 0 amide bonds. The fourth-order valence-electron chi connectivity index (χ4n) is 3.57. The summed E-state index contributed by atoms with van der Waals surface area (Å²) >= 11 is 1.52. The second kappa shape index (κ2) is 7.67. The molecule has 0 spiro atoms. The van der Waals surface area contributed by atoms with Crippen molar-refractivity contribution in [1.82, 2.24) is 15.0 Å². The Morgan fingerprint density at radius 3 is 2.47 bits per heavy atom. The van der Waals surface area contributed by atoms with Gasteiger partial charge >= 0.3 is 0 Å². The topological polar surface area (TPSA) is 84.7 Å². The monoisotopic (exact) mass is 410 g/mol. The van der Waals surface area contributed by atoms with Crippen molar-refractivity contribution in [3.05, 3.63) is 94.5 Å². The minimum absolute atomic E-state index is 0.159. The van der Waals surface area contributed by atoms with E-state index >= 15 is 0 Å². The first-order valence-electron chi connectivity index (χ1n) is 9.54. The highest BCUT2D eigenvalue weighted by molar-refractivity contribution is 7.13. The van der Waals surface area contributed by atoms with Crippen molar-refractivity contribution >= 4 is 22.2 Å². The van der Waals surface area contributed by atoms with E-state index in [4.69, 9.17) is 10.7 Å². The quantitative estimate of drug-likeness (QED) is 0.444. The van der Waals surface area contributed by atoms with Crippen LogP contribution >= 0.6 is 11.3 Å². The molecule has 6 heteroatoms. The molecule has 5 rings (SSSR count). The summed E-state index contributed by atoms with van der Waals surface area (Å²) in [6, 6.07) is 20.0. The maximum Gasteiger partial charge on any atom is 0.257 e. The number of nitrogens with one attached hydrogen (secondary N) is 1. The van der Waals surface area contributed by atoms with Crippen LogP contribution in [0.3, 0.4) is 0 Å². The molecule has 0 saturated carbocycles. The van der Waals surface area contributed by atoms with Gasteiger partial charge in [-0.15, -0.1) is 11.3 Å². The Balaban J connectivity index is 1.85. The molecule has 0 fully saturated rings. The number of aromatic amines is 1. The molecule has 0 unspecified atom stereocenters. The molecular weight excluding hydrogens is 392 g/mol. The van der Waals surface area contributed by atoms with Crippen LogP contribution in [-0.2, 0) is 6.54 Å². The molecule has 5 nitrogen and oxygen atoms in total. The molecule has 146 valence electrons. The summed E-state index contributed by atoms with van der Waals surface area (Å²) in [6.45, 7) is 0.488. The van der Waals surface area contributed by atoms with Crippen LogP contribution in [0.4, 0.5) is 0 Å². The van der Waals surface area contributed by atoms with E-state index in [1.807, 2.05) is 60.7 Å². The Morgan fingerprint density at radius 1 is 0.967 bits per heavy atom. The molecule has 3 aromatic heterocycles. The SMILES string of the molecule is NCc1ccc(-c2nc3c(-c4cncs4)c[nH]c(=O)c3cc2-c2ccccc2)cc1. The number of hydrogen-bond donors (Lipinski definition) is 2. The highest BCUT2D eigenvalue weighted by Gasteiger charge is 2.16. The summed E-state index contributed by atoms with van der Waals surface area (Å²) in [5, 5.41) is 0.557. The van der Waals surface area contributed by atoms with Gasteiger partial charge in [-0.3, -0.25) is 9.78 Å². The first-order chi connectivity index (χ1) is 14.7. The van der Waals surface area contributed by atoms with E-state index in [9.17, 15) is 4.79 Å². The molecule has 3 N–H and O–H groups in total. The van der Waals surface area contributed by atoms with E-state index in [1.165, 1.54) is 11.3 Å². The summed E-state index contributed by atoms with van der Waals surface area (Å²) in [4.78, 5) is 25.7. The second-order valence-electron chi connectivity index (χ2n) is 6.94. The van der Waals surface area contributed by atoms with Crippen LogP contribution in [0.15, 0.2) is 83.4 Å². The molecule has 0 aliphatic carbocycles. The Hall–Kier alpha value is -3.61. The summed E-state index contributed by atoms with van der Waals surface area (Å²) in [6.07, 6.45) is 3.51. The van der Waals surface area contributed by atoms with Gasteiger partial charge in [-0.05, 0) is 17.2 Å². The Labute approximate surface area is 176 Å². The van der Waals surface area contributed by atoms with Gasteiger partial charge in [0.2, 0.25) is 0 Å². The number of nitrogens with zero attached hydrogens (tertiary/aromatic N) is 2. The van der Waals surface area contributed by atoms with Crippen molar-refractivity contribution in [1.29, 1.82) is 0 Å². The lowest BCUT2D eigenvalue weighted by Gasteiger charge is -2.13. The minimum atomic E-state index is -0.159. The smallest absolute Gasteiger partial charge is 0.257 e. The first-order valence-corrected chi connectivity index (χ1v) is 10.4. The maximum atomic E-state index is 12.7. The number of pyridine rings is 2. The number of benzene rings is 2. The molecule has 2 aromatic carbocycles. The van der Waals surface area contributed by atoms with Gasteiger partial charge in [-0.25, -0.2) is 4.98 Å². The number of H-pyrrole nitrogens is 1. The molecule has 5 aromatic rings. The summed E-state index contributed by atoms with van der Waals surface area (Å²) < 4.78 is 0. The van der Waals surface area contributed by atoms with Crippen LogP contribution in [-0.4, -0.2) is 15.0 Å². The third-order valence-corrected chi connectivity index (χ3v) is 5.92. The first kappa shape index (κ1) is 18.4. The van der Waals surface area contributed by atoms with E-state index in [2.05, 4.69) is 9.97 Å². The van der Waals surface area contributed by atoms with Crippen molar-refractivity contribution in [2.75, 3.05) is 0 Å². The molecule has 0 saturated heterocycles. The fraction of sp³-hybridized carbons (Fsp3) is 0.0417. The third-order valence-electron chi connectivity index (χ3n) is 5.12. The van der Waals surface area contributed by atoms with Crippen molar-refractivity contribution in [3.63, 3.8) is 0 Å². The zero-order valence-electron chi connectivity index (χ0n) is 16.0. The van der Waals surface area contributed by atoms with E-state index in [-0.39, 0.29) is 5.56 Å². The molecule has 3 heterocycles.